The molecule has 0 unspecified atom stereocenters. The predicted molar refractivity (Wildman–Crippen MR) is 123 cm³/mol. The predicted octanol–water partition coefficient (Wildman–Crippen LogP) is 4.34. The van der Waals surface area contributed by atoms with Gasteiger partial charge in [-0.1, -0.05) is 13.0 Å². The number of nitrogens with zero attached hydrogens (tertiary/aromatic N) is 4. The Bertz CT molecular complexity index is 1020. The summed E-state index contributed by atoms with van der Waals surface area (Å²) in [6.07, 6.45) is -6.25. The van der Waals surface area contributed by atoms with Crippen LogP contribution in [-0.4, -0.2) is 63.5 Å². The zero-order chi connectivity index (χ0) is 25.0. The van der Waals surface area contributed by atoms with Crippen molar-refractivity contribution in [2.45, 2.75) is 58.2 Å². The lowest BCUT2D eigenvalue weighted by molar-refractivity contribution is -0.169. The van der Waals surface area contributed by atoms with Crippen LogP contribution in [0.3, 0.4) is 0 Å². The molecule has 0 amide bonds. The summed E-state index contributed by atoms with van der Waals surface area (Å²) in [4.78, 5) is 14.7. The normalized spacial score (nSPS) is 21.3. The molecule has 0 bridgehead atoms. The van der Waals surface area contributed by atoms with Crippen molar-refractivity contribution in [3.63, 3.8) is 0 Å². The van der Waals surface area contributed by atoms with Gasteiger partial charge in [0.2, 0.25) is 0 Å². The molecule has 4 atom stereocenters. The highest BCUT2D eigenvalue weighted by Gasteiger charge is 2.36. The van der Waals surface area contributed by atoms with Gasteiger partial charge in [-0.05, 0) is 50.5 Å². The van der Waals surface area contributed by atoms with Crippen LogP contribution in [0.25, 0.3) is 0 Å². The number of aliphatic imine (C=N–C) groups is 1. The number of rotatable bonds is 7. The second kappa shape index (κ2) is 10.6. The van der Waals surface area contributed by atoms with Gasteiger partial charge >= 0.3 is 6.18 Å². The zero-order valence-electron chi connectivity index (χ0n) is 19.2. The highest BCUT2D eigenvalue weighted by Crippen LogP contribution is 2.33. The summed E-state index contributed by atoms with van der Waals surface area (Å²) in [5, 5.41) is 22.3. The minimum atomic E-state index is -4.37. The van der Waals surface area contributed by atoms with Crippen LogP contribution >= 0.6 is 0 Å². The van der Waals surface area contributed by atoms with Crippen LogP contribution in [0.15, 0.2) is 35.5 Å². The first-order valence-corrected chi connectivity index (χ1v) is 11.0. The minimum Gasteiger partial charge on any atom is -0.390 e. The Morgan fingerprint density at radius 2 is 2.03 bits per heavy atom. The molecule has 0 aromatic carbocycles. The van der Waals surface area contributed by atoms with Crippen LogP contribution in [-0.2, 0) is 6.42 Å². The van der Waals surface area contributed by atoms with Gasteiger partial charge in [0.05, 0.1) is 36.6 Å². The molecular formula is C23H29F4N5O2. The number of pyridine rings is 2. The lowest BCUT2D eigenvalue weighted by Crippen LogP contribution is -2.44. The summed E-state index contributed by atoms with van der Waals surface area (Å²) in [5.41, 5.74) is 0.932. The van der Waals surface area contributed by atoms with Crippen LogP contribution in [0.2, 0.25) is 0 Å². The van der Waals surface area contributed by atoms with Crippen molar-refractivity contribution in [2.75, 3.05) is 23.3 Å². The number of anilines is 3. The van der Waals surface area contributed by atoms with Crippen molar-refractivity contribution < 1.29 is 27.8 Å². The molecule has 0 aliphatic carbocycles. The van der Waals surface area contributed by atoms with E-state index in [4.69, 9.17) is 0 Å². The van der Waals surface area contributed by atoms with Gasteiger partial charge in [0, 0.05) is 12.3 Å². The molecule has 1 aliphatic rings. The highest BCUT2D eigenvalue weighted by atomic mass is 19.4. The lowest BCUT2D eigenvalue weighted by Gasteiger charge is -2.33. The van der Waals surface area contributed by atoms with E-state index in [-0.39, 0.29) is 30.9 Å². The first-order chi connectivity index (χ1) is 15.9. The van der Waals surface area contributed by atoms with Gasteiger partial charge in [0.15, 0.2) is 0 Å². The largest absolute Gasteiger partial charge is 0.391 e. The minimum absolute atomic E-state index is 0.0185. The number of halogens is 4. The van der Waals surface area contributed by atoms with E-state index in [1.54, 1.807) is 30.0 Å². The number of aromatic nitrogens is 2. The summed E-state index contributed by atoms with van der Waals surface area (Å²) in [7, 11) is 0. The molecule has 2 aromatic rings. The molecule has 0 saturated carbocycles. The molecule has 1 fully saturated rings. The van der Waals surface area contributed by atoms with Crippen LogP contribution in [0.5, 0.6) is 0 Å². The zero-order valence-corrected chi connectivity index (χ0v) is 19.2. The number of nitrogens with one attached hydrogen (secondary N) is 1. The molecule has 7 nitrogen and oxygen atoms in total. The topological polar surface area (TPSA) is 93.9 Å². The van der Waals surface area contributed by atoms with Crippen LogP contribution in [0.4, 0.5) is 40.7 Å². The quantitative estimate of drug-likeness (QED) is 0.401. The fourth-order valence-electron chi connectivity index (χ4n) is 3.45. The molecule has 2 aromatic heterocycles. The highest BCUT2D eigenvalue weighted by molar-refractivity contribution is 5.88. The molecular weight excluding hydrogens is 454 g/mol. The Morgan fingerprint density at radius 1 is 1.29 bits per heavy atom. The number of hydrogen-bond donors (Lipinski definition) is 3. The van der Waals surface area contributed by atoms with Crippen molar-refractivity contribution in [1.82, 2.24) is 9.97 Å². The Morgan fingerprint density at radius 3 is 2.68 bits per heavy atom. The lowest BCUT2D eigenvalue weighted by atomic mass is 10.00. The first-order valence-electron chi connectivity index (χ1n) is 11.0. The molecule has 3 heterocycles. The van der Waals surface area contributed by atoms with Crippen molar-refractivity contribution in [3.8, 4) is 0 Å². The van der Waals surface area contributed by atoms with Gasteiger partial charge in [0.25, 0.3) is 0 Å². The number of alkyl halides is 4. The molecule has 1 saturated heterocycles. The fourth-order valence-corrected chi connectivity index (χ4v) is 3.45. The molecule has 3 rings (SSSR count). The van der Waals surface area contributed by atoms with E-state index < -0.39 is 30.5 Å². The maximum atomic E-state index is 13.9. The number of aliphatic hydroxyl groups excluding tert-OH is 2. The number of piperidine rings is 1. The summed E-state index contributed by atoms with van der Waals surface area (Å²) in [5.74, 6) is -0.426. The number of hydrogen-bond acceptors (Lipinski definition) is 7. The molecule has 0 radical (unpaired) electrons. The summed E-state index contributed by atoms with van der Waals surface area (Å²) in [6.45, 7) is 4.68. The van der Waals surface area contributed by atoms with E-state index in [2.05, 4.69) is 20.3 Å². The van der Waals surface area contributed by atoms with Crippen LogP contribution < -0.4 is 10.2 Å². The van der Waals surface area contributed by atoms with Crippen LogP contribution in [0, 0.1) is 5.92 Å². The Hall–Kier alpha value is -2.79. The van der Waals surface area contributed by atoms with Gasteiger partial charge in [-0.25, -0.2) is 14.4 Å². The summed E-state index contributed by atoms with van der Waals surface area (Å²) >= 11 is 0. The van der Waals surface area contributed by atoms with Gasteiger partial charge < -0.3 is 20.4 Å². The average Bonchev–Trinajstić information content (AvgIpc) is 2.76. The Kier molecular flexibility index (Phi) is 8.09. The third-order valence-electron chi connectivity index (χ3n) is 5.77. The molecule has 186 valence electrons. The molecule has 1 aliphatic heterocycles. The summed E-state index contributed by atoms with van der Waals surface area (Å²) in [6, 6.07) is 6.59. The van der Waals surface area contributed by atoms with Gasteiger partial charge in [-0.3, -0.25) is 4.99 Å². The molecule has 0 spiro atoms. The molecule has 11 heteroatoms. The fraction of sp³-hybridized carbons (Fsp3) is 0.522. The number of aliphatic hydroxyl groups is 2. The second-order valence-electron chi connectivity index (χ2n) is 8.60. The monoisotopic (exact) mass is 483 g/mol. The third kappa shape index (κ3) is 6.63. The van der Waals surface area contributed by atoms with Crippen LogP contribution in [0.1, 0.15) is 32.8 Å². The van der Waals surface area contributed by atoms with Gasteiger partial charge in [-0.15, -0.1) is 0 Å². The molecule has 3 N–H and O–H groups in total. The smallest absolute Gasteiger partial charge is 0.390 e. The third-order valence-corrected chi connectivity index (χ3v) is 5.77. The van der Waals surface area contributed by atoms with Crippen molar-refractivity contribution >= 4 is 28.9 Å². The van der Waals surface area contributed by atoms with E-state index in [0.29, 0.717) is 29.5 Å². The van der Waals surface area contributed by atoms with E-state index >= 15 is 0 Å². The standard InChI is InChI=1S/C23H29F4N5O2/c1-13(23(25,26)27)9-16-10-21(28-11-18(16)29-14(2)15(3)33)30-20-5-4-6-22(31-20)32-8-7-19(34)17(24)12-32/h4-6,10-11,13,15,17,19,33-34H,7-9,12H2,1-3H3,(H,28,30,31)/t13-,15+,17+,19-/m0/s1. The van der Waals surface area contributed by atoms with Crippen molar-refractivity contribution in [2.24, 2.45) is 10.9 Å². The van der Waals surface area contributed by atoms with Gasteiger partial charge in [-0.2, -0.15) is 13.2 Å². The maximum absolute atomic E-state index is 13.9. The maximum Gasteiger partial charge on any atom is 0.391 e. The Labute approximate surface area is 195 Å². The van der Waals surface area contributed by atoms with E-state index in [9.17, 15) is 27.8 Å². The first kappa shape index (κ1) is 25.8. The van der Waals surface area contributed by atoms with E-state index in [0.717, 1.165) is 6.92 Å². The molecule has 34 heavy (non-hydrogen) atoms. The SMILES string of the molecule is CC(=Nc1cnc(Nc2cccc(N3CC[C@H](O)[C@H](F)C3)n2)cc1C[C@H](C)C(F)(F)F)[C@@H](C)O. The van der Waals surface area contributed by atoms with E-state index in [1.165, 1.54) is 19.2 Å². The van der Waals surface area contributed by atoms with Gasteiger partial charge in [0.1, 0.15) is 23.6 Å². The van der Waals surface area contributed by atoms with E-state index in [1.807, 2.05) is 0 Å². The van der Waals surface area contributed by atoms with Crippen molar-refractivity contribution in [3.05, 3.63) is 36.0 Å². The average molecular weight is 484 g/mol. The second-order valence-corrected chi connectivity index (χ2v) is 8.60. The summed E-state index contributed by atoms with van der Waals surface area (Å²) < 4.78 is 53.6. The van der Waals surface area contributed by atoms with Crippen molar-refractivity contribution in [1.29, 1.82) is 0 Å². The Balaban J connectivity index is 1.86.